The summed E-state index contributed by atoms with van der Waals surface area (Å²) >= 11 is 0. The summed E-state index contributed by atoms with van der Waals surface area (Å²) in [6.45, 7) is 1.41. The first-order valence-electron chi connectivity index (χ1n) is 8.66. The maximum atomic E-state index is 13.8. The van der Waals surface area contributed by atoms with Gasteiger partial charge in [-0.3, -0.25) is 4.79 Å². The molecule has 0 unspecified atom stereocenters. The van der Waals surface area contributed by atoms with Gasteiger partial charge in [-0.05, 0) is 17.7 Å². The van der Waals surface area contributed by atoms with Crippen molar-refractivity contribution in [2.24, 2.45) is 0 Å². The number of ether oxygens (including phenoxy) is 2. The highest BCUT2D eigenvalue weighted by Gasteiger charge is 2.19. The number of amides is 1. The molecule has 11 heteroatoms. The van der Waals surface area contributed by atoms with Crippen molar-refractivity contribution in [2.75, 3.05) is 25.3 Å². The summed E-state index contributed by atoms with van der Waals surface area (Å²) in [7, 11) is 0. The van der Waals surface area contributed by atoms with Crippen molar-refractivity contribution >= 4 is 23.2 Å². The predicted molar refractivity (Wildman–Crippen MR) is 97.5 cm³/mol. The molecule has 3 aromatic rings. The predicted octanol–water partition coefficient (Wildman–Crippen LogP) is 1.27. The van der Waals surface area contributed by atoms with E-state index in [4.69, 9.17) is 9.47 Å². The van der Waals surface area contributed by atoms with Crippen LogP contribution in [-0.2, 0) is 11.3 Å². The number of hydrogen-bond donors (Lipinski definition) is 3. The lowest BCUT2D eigenvalue weighted by Crippen LogP contribution is -2.25. The van der Waals surface area contributed by atoms with Gasteiger partial charge in [0.25, 0.3) is 5.91 Å². The van der Waals surface area contributed by atoms with E-state index < -0.39 is 17.7 Å². The molecule has 29 heavy (non-hydrogen) atoms. The zero-order valence-corrected chi connectivity index (χ0v) is 15.0. The second kappa shape index (κ2) is 7.72. The molecule has 10 nitrogen and oxygen atoms in total. The van der Waals surface area contributed by atoms with E-state index in [1.807, 2.05) is 0 Å². The lowest BCUT2D eigenvalue weighted by Gasteiger charge is -2.18. The van der Waals surface area contributed by atoms with Gasteiger partial charge in [0.2, 0.25) is 0 Å². The van der Waals surface area contributed by atoms with Crippen LogP contribution >= 0.6 is 0 Å². The Morgan fingerprint density at radius 3 is 3.00 bits per heavy atom. The molecule has 3 heterocycles. The number of fused-ring (bicyclic) bond motifs is 2. The van der Waals surface area contributed by atoms with Gasteiger partial charge in [-0.2, -0.15) is 5.10 Å². The van der Waals surface area contributed by atoms with E-state index in [1.54, 1.807) is 18.2 Å². The molecule has 3 N–H and O–H groups in total. The monoisotopic (exact) mass is 401 g/mol. The van der Waals surface area contributed by atoms with Crippen molar-refractivity contribution in [3.05, 3.63) is 53.2 Å². The fourth-order valence-electron chi connectivity index (χ4n) is 2.84. The van der Waals surface area contributed by atoms with E-state index in [2.05, 4.69) is 20.7 Å². The minimum atomic E-state index is -1.36. The van der Waals surface area contributed by atoms with Crippen LogP contribution in [0.4, 0.5) is 10.1 Å². The normalized spacial score (nSPS) is 13.6. The Bertz CT molecular complexity index is 1100. The van der Waals surface area contributed by atoms with E-state index >= 15 is 0 Å². The van der Waals surface area contributed by atoms with Gasteiger partial charge in [0.1, 0.15) is 24.8 Å². The summed E-state index contributed by atoms with van der Waals surface area (Å²) in [5.74, 6) is -2.14. The van der Waals surface area contributed by atoms with Gasteiger partial charge in [-0.1, -0.05) is 6.07 Å². The average Bonchev–Trinajstić information content (AvgIpc) is 3.07. The number of carboxylic acid groups (broad SMARTS) is 1. The maximum Gasteiger partial charge on any atom is 0.354 e. The van der Waals surface area contributed by atoms with Crippen LogP contribution in [0.15, 0.2) is 30.5 Å². The lowest BCUT2D eigenvalue weighted by molar-refractivity contribution is 0.0687. The SMILES string of the molecule is O=C(NCc1ccc2c(c1)NCOCCO2)c1cc(C(=O)O)n2ncc(F)c2n1. The average molecular weight is 401 g/mol. The van der Waals surface area contributed by atoms with Crippen LogP contribution in [0.2, 0.25) is 0 Å². The molecule has 0 fully saturated rings. The second-order valence-electron chi connectivity index (χ2n) is 6.15. The van der Waals surface area contributed by atoms with Gasteiger partial charge >= 0.3 is 5.97 Å². The quantitative estimate of drug-likeness (QED) is 0.597. The van der Waals surface area contributed by atoms with E-state index in [-0.39, 0.29) is 23.6 Å². The molecule has 1 aromatic carbocycles. The molecule has 0 atom stereocenters. The van der Waals surface area contributed by atoms with E-state index in [0.29, 0.717) is 25.7 Å². The molecule has 0 bridgehead atoms. The highest BCUT2D eigenvalue weighted by atomic mass is 19.1. The molecule has 0 saturated heterocycles. The molecule has 0 saturated carbocycles. The van der Waals surface area contributed by atoms with Crippen LogP contribution in [0.25, 0.3) is 5.65 Å². The van der Waals surface area contributed by atoms with Gasteiger partial charge in [0.15, 0.2) is 17.2 Å². The summed E-state index contributed by atoms with van der Waals surface area (Å²) in [6, 6.07) is 6.42. The number of anilines is 1. The topological polar surface area (TPSA) is 127 Å². The summed E-state index contributed by atoms with van der Waals surface area (Å²) in [4.78, 5) is 27.8. The van der Waals surface area contributed by atoms with Crippen molar-refractivity contribution in [2.45, 2.75) is 6.54 Å². The minimum absolute atomic E-state index is 0.145. The van der Waals surface area contributed by atoms with Crippen LogP contribution in [0.1, 0.15) is 26.5 Å². The number of carbonyl (C=O) groups excluding carboxylic acids is 1. The van der Waals surface area contributed by atoms with Crippen LogP contribution in [0.5, 0.6) is 5.75 Å². The van der Waals surface area contributed by atoms with Crippen molar-refractivity contribution in [3.8, 4) is 5.75 Å². The number of aromatic carboxylic acids is 1. The van der Waals surface area contributed by atoms with Crippen LogP contribution in [0, 0.1) is 5.82 Å². The maximum absolute atomic E-state index is 13.8. The summed E-state index contributed by atoms with van der Waals surface area (Å²) in [5.41, 5.74) is 0.564. The minimum Gasteiger partial charge on any atom is -0.489 e. The summed E-state index contributed by atoms with van der Waals surface area (Å²) < 4.78 is 25.5. The Labute approximate surface area is 163 Å². The Morgan fingerprint density at radius 2 is 2.17 bits per heavy atom. The van der Waals surface area contributed by atoms with Crippen molar-refractivity contribution in [3.63, 3.8) is 0 Å². The first kappa shape index (κ1) is 18.6. The first-order valence-corrected chi connectivity index (χ1v) is 8.66. The summed E-state index contributed by atoms with van der Waals surface area (Å²) in [5, 5.41) is 18.6. The lowest BCUT2D eigenvalue weighted by atomic mass is 10.1. The van der Waals surface area contributed by atoms with Crippen molar-refractivity contribution in [1.29, 1.82) is 0 Å². The summed E-state index contributed by atoms with van der Waals surface area (Å²) in [6.07, 6.45) is 0.840. The third-order valence-electron chi connectivity index (χ3n) is 4.23. The molecule has 150 valence electrons. The van der Waals surface area contributed by atoms with E-state index in [1.165, 1.54) is 0 Å². The molecular formula is C18H16FN5O5. The van der Waals surface area contributed by atoms with Gasteiger partial charge in [0, 0.05) is 12.6 Å². The van der Waals surface area contributed by atoms with E-state index in [0.717, 1.165) is 28.0 Å². The Morgan fingerprint density at radius 1 is 1.31 bits per heavy atom. The Balaban J connectivity index is 1.53. The van der Waals surface area contributed by atoms with Crippen molar-refractivity contribution in [1.82, 2.24) is 19.9 Å². The number of hydrogen-bond acceptors (Lipinski definition) is 7. The molecule has 4 rings (SSSR count). The number of aromatic nitrogens is 3. The Kier molecular flexibility index (Phi) is 4.96. The zero-order valence-electron chi connectivity index (χ0n) is 15.0. The highest BCUT2D eigenvalue weighted by molar-refractivity contribution is 5.96. The van der Waals surface area contributed by atoms with Crippen molar-refractivity contribution < 1.29 is 28.6 Å². The fourth-order valence-corrected chi connectivity index (χ4v) is 2.84. The molecular weight excluding hydrogens is 385 g/mol. The van der Waals surface area contributed by atoms with Crippen LogP contribution in [-0.4, -0.2) is 51.5 Å². The zero-order chi connectivity index (χ0) is 20.4. The molecule has 2 aromatic heterocycles. The van der Waals surface area contributed by atoms with Gasteiger partial charge < -0.3 is 25.2 Å². The number of halogens is 1. The number of carboxylic acids is 1. The number of carbonyl (C=O) groups is 2. The van der Waals surface area contributed by atoms with Gasteiger partial charge in [-0.15, -0.1) is 0 Å². The number of nitrogens with one attached hydrogen (secondary N) is 2. The van der Waals surface area contributed by atoms with Crippen LogP contribution < -0.4 is 15.4 Å². The second-order valence-corrected chi connectivity index (χ2v) is 6.15. The van der Waals surface area contributed by atoms with E-state index in [9.17, 15) is 19.1 Å². The largest absolute Gasteiger partial charge is 0.489 e. The molecule has 0 aliphatic carbocycles. The fraction of sp³-hybridized carbons (Fsp3) is 0.222. The van der Waals surface area contributed by atoms with Gasteiger partial charge in [0.05, 0.1) is 18.5 Å². The molecule has 1 amide bonds. The number of nitrogens with zero attached hydrogens (tertiary/aromatic N) is 3. The number of benzene rings is 1. The smallest absolute Gasteiger partial charge is 0.354 e. The third-order valence-corrected chi connectivity index (χ3v) is 4.23. The number of rotatable bonds is 4. The van der Waals surface area contributed by atoms with Crippen LogP contribution in [0.3, 0.4) is 0 Å². The first-order chi connectivity index (χ1) is 14.0. The van der Waals surface area contributed by atoms with Gasteiger partial charge in [-0.25, -0.2) is 18.7 Å². The highest BCUT2D eigenvalue weighted by Crippen LogP contribution is 2.26. The molecule has 0 spiro atoms. The standard InChI is InChI=1S/C18H16FN5O5/c19-11-8-22-24-14(18(26)27)6-13(23-16(11)24)17(25)20-7-10-1-2-15-12(5-10)21-9-28-3-4-29-15/h1-2,5-6,8,21H,3-4,7,9H2,(H,20,25)(H,26,27). The molecule has 0 radical (unpaired) electrons. The third kappa shape index (κ3) is 3.80. The Hall–Kier alpha value is -3.73. The molecule has 1 aliphatic heterocycles. The molecule has 1 aliphatic rings.